The highest BCUT2D eigenvalue weighted by atomic mass is 32.2. The van der Waals surface area contributed by atoms with Crippen molar-refractivity contribution >= 4 is 23.6 Å². The Balaban J connectivity index is 1.83. The average molecular weight is 310 g/mol. The molecule has 2 heterocycles. The molecule has 0 bridgehead atoms. The molecule has 0 radical (unpaired) electrons. The number of hydrogen-bond acceptors (Lipinski definition) is 5. The summed E-state index contributed by atoms with van der Waals surface area (Å²) in [5.41, 5.74) is 6.64. The second-order valence-electron chi connectivity index (χ2n) is 5.59. The minimum atomic E-state index is -0.961. The topological polar surface area (TPSA) is 101 Å². The number of nitrogens with zero attached hydrogens (tertiary/aromatic N) is 3. The van der Waals surface area contributed by atoms with Gasteiger partial charge in [0.1, 0.15) is 12.1 Å². The summed E-state index contributed by atoms with van der Waals surface area (Å²) in [6, 6.07) is -1.64. The van der Waals surface area contributed by atoms with E-state index in [0.29, 0.717) is 17.2 Å². The van der Waals surface area contributed by atoms with Crippen molar-refractivity contribution in [2.45, 2.75) is 30.3 Å². The van der Waals surface area contributed by atoms with E-state index in [2.05, 4.69) is 5.10 Å². The predicted octanol–water partition coefficient (Wildman–Crippen LogP) is 0.185. The summed E-state index contributed by atoms with van der Waals surface area (Å²) in [5, 5.41) is 13.3. The van der Waals surface area contributed by atoms with Crippen LogP contribution >= 0.6 is 11.8 Å². The van der Waals surface area contributed by atoms with Gasteiger partial charge in [0.25, 0.3) is 0 Å². The Bertz CT molecular complexity index is 572. The van der Waals surface area contributed by atoms with Gasteiger partial charge < -0.3 is 15.7 Å². The van der Waals surface area contributed by atoms with Gasteiger partial charge in [0.15, 0.2) is 0 Å². The van der Waals surface area contributed by atoms with E-state index in [0.717, 1.165) is 12.8 Å². The summed E-state index contributed by atoms with van der Waals surface area (Å²) < 4.78 is 1.58. The van der Waals surface area contributed by atoms with Gasteiger partial charge in [-0.05, 0) is 18.8 Å². The first-order chi connectivity index (χ1) is 9.99. The van der Waals surface area contributed by atoms with Gasteiger partial charge in [-0.25, -0.2) is 4.79 Å². The summed E-state index contributed by atoms with van der Waals surface area (Å²) in [4.78, 5) is 25.6. The van der Waals surface area contributed by atoms with Crippen molar-refractivity contribution in [1.82, 2.24) is 14.7 Å². The smallest absolute Gasteiger partial charge is 0.327 e. The van der Waals surface area contributed by atoms with E-state index in [1.54, 1.807) is 35.9 Å². The van der Waals surface area contributed by atoms with Gasteiger partial charge >= 0.3 is 5.97 Å². The molecule has 2 fully saturated rings. The van der Waals surface area contributed by atoms with Gasteiger partial charge in [0.2, 0.25) is 5.91 Å². The average Bonchev–Trinajstić information content (AvgIpc) is 3.04. The van der Waals surface area contributed by atoms with Crippen molar-refractivity contribution in [3.63, 3.8) is 0 Å². The van der Waals surface area contributed by atoms with Crippen LogP contribution in [0.15, 0.2) is 12.4 Å². The lowest BCUT2D eigenvalue weighted by atomic mass is 10.1. The van der Waals surface area contributed by atoms with E-state index in [9.17, 15) is 14.7 Å². The first-order valence-corrected chi connectivity index (χ1v) is 7.94. The fourth-order valence-electron chi connectivity index (χ4n) is 2.65. The van der Waals surface area contributed by atoms with Gasteiger partial charge in [-0.3, -0.25) is 9.48 Å². The molecule has 1 amide bonds. The number of hydrogen-bond donors (Lipinski definition) is 2. The molecule has 3 rings (SSSR count). The second-order valence-corrected chi connectivity index (χ2v) is 6.74. The number of amides is 1. The number of aliphatic carboxylic acids is 1. The van der Waals surface area contributed by atoms with Crippen molar-refractivity contribution in [3.05, 3.63) is 18.0 Å². The third-order valence-corrected chi connectivity index (χ3v) is 5.41. The number of thioether (sulfide) groups is 1. The molecule has 1 aromatic rings. The first kappa shape index (κ1) is 14.4. The van der Waals surface area contributed by atoms with Crippen LogP contribution in [0.2, 0.25) is 0 Å². The molecule has 21 heavy (non-hydrogen) atoms. The Kier molecular flexibility index (Phi) is 3.66. The van der Waals surface area contributed by atoms with E-state index in [4.69, 9.17) is 5.73 Å². The maximum absolute atomic E-state index is 12.7. The minimum absolute atomic E-state index is 0.0543. The molecule has 1 aromatic heterocycles. The molecule has 1 saturated heterocycles. The van der Waals surface area contributed by atoms with E-state index >= 15 is 0 Å². The zero-order chi connectivity index (χ0) is 15.1. The molecule has 0 spiro atoms. The van der Waals surface area contributed by atoms with Crippen LogP contribution in [0.1, 0.15) is 24.4 Å². The standard InChI is InChI=1S/C13H18N4O3S/c1-16-5-8(4-15-16)10(14)11(18)17-9(13(19)20)6-21-12(17)7-2-3-7/h4-5,7,9-10,12H,2-3,6,14H2,1H3,(H,19,20). The molecular formula is C13H18N4O3S. The first-order valence-electron chi connectivity index (χ1n) is 6.89. The Hall–Kier alpha value is -1.54. The van der Waals surface area contributed by atoms with Crippen LogP contribution in [0, 0.1) is 5.92 Å². The monoisotopic (exact) mass is 310 g/mol. The second kappa shape index (κ2) is 5.34. The van der Waals surface area contributed by atoms with Gasteiger partial charge in [0.05, 0.1) is 11.6 Å². The highest BCUT2D eigenvalue weighted by molar-refractivity contribution is 8.00. The summed E-state index contributed by atoms with van der Waals surface area (Å²) in [7, 11) is 1.75. The molecule has 1 aliphatic carbocycles. The number of aromatic nitrogens is 2. The SMILES string of the molecule is Cn1cc(C(N)C(=O)N2C(C(=O)O)CSC2C2CC2)cn1. The molecule has 3 N–H and O–H groups in total. The Labute approximate surface area is 126 Å². The van der Waals surface area contributed by atoms with Crippen molar-refractivity contribution < 1.29 is 14.7 Å². The number of carboxylic acid groups (broad SMARTS) is 1. The summed E-state index contributed by atoms with van der Waals surface area (Å²) in [5.74, 6) is -0.443. The summed E-state index contributed by atoms with van der Waals surface area (Å²) in [6.07, 6.45) is 5.34. The Morgan fingerprint density at radius 3 is 2.76 bits per heavy atom. The maximum Gasteiger partial charge on any atom is 0.327 e. The van der Waals surface area contributed by atoms with Crippen molar-refractivity contribution in [1.29, 1.82) is 0 Å². The summed E-state index contributed by atoms with van der Waals surface area (Å²) >= 11 is 1.55. The van der Waals surface area contributed by atoms with Crippen LogP contribution in [-0.2, 0) is 16.6 Å². The zero-order valence-electron chi connectivity index (χ0n) is 11.7. The van der Waals surface area contributed by atoms with E-state index in [-0.39, 0.29) is 11.3 Å². The molecule has 7 nitrogen and oxygen atoms in total. The van der Waals surface area contributed by atoms with Gasteiger partial charge in [0, 0.05) is 24.6 Å². The fraction of sp³-hybridized carbons (Fsp3) is 0.615. The van der Waals surface area contributed by atoms with E-state index < -0.39 is 18.1 Å². The van der Waals surface area contributed by atoms with Gasteiger partial charge in [-0.15, -0.1) is 11.8 Å². The number of carboxylic acids is 1. The lowest BCUT2D eigenvalue weighted by Gasteiger charge is -2.29. The van der Waals surface area contributed by atoms with Crippen LogP contribution in [-0.4, -0.2) is 48.8 Å². The lowest BCUT2D eigenvalue weighted by Crippen LogP contribution is -2.49. The quantitative estimate of drug-likeness (QED) is 0.823. The summed E-state index contributed by atoms with van der Waals surface area (Å²) in [6.45, 7) is 0. The number of rotatable bonds is 4. The molecule has 3 unspecified atom stereocenters. The highest BCUT2D eigenvalue weighted by Gasteiger charge is 2.49. The van der Waals surface area contributed by atoms with Crippen molar-refractivity contribution in [2.24, 2.45) is 18.7 Å². The highest BCUT2D eigenvalue weighted by Crippen LogP contribution is 2.46. The number of carbonyl (C=O) groups excluding carboxylic acids is 1. The molecule has 0 aromatic carbocycles. The van der Waals surface area contributed by atoms with Crippen molar-refractivity contribution in [2.75, 3.05) is 5.75 Å². The normalized spacial score (nSPS) is 26.9. The molecule has 2 aliphatic rings. The van der Waals surface area contributed by atoms with Gasteiger partial charge in [-0.1, -0.05) is 0 Å². The zero-order valence-corrected chi connectivity index (χ0v) is 12.5. The third kappa shape index (κ3) is 2.65. The van der Waals surface area contributed by atoms with Crippen LogP contribution in [0.5, 0.6) is 0 Å². The molecule has 8 heteroatoms. The Morgan fingerprint density at radius 1 is 1.52 bits per heavy atom. The van der Waals surface area contributed by atoms with Gasteiger partial charge in [-0.2, -0.15) is 5.10 Å². The Morgan fingerprint density at radius 2 is 2.24 bits per heavy atom. The number of nitrogens with two attached hydrogens (primary N) is 1. The molecule has 1 saturated carbocycles. The largest absolute Gasteiger partial charge is 0.480 e. The molecule has 114 valence electrons. The lowest BCUT2D eigenvalue weighted by molar-refractivity contribution is -0.150. The minimum Gasteiger partial charge on any atom is -0.480 e. The van der Waals surface area contributed by atoms with Crippen molar-refractivity contribution in [3.8, 4) is 0 Å². The third-order valence-electron chi connectivity index (χ3n) is 3.95. The number of carbonyl (C=O) groups is 2. The predicted molar refractivity (Wildman–Crippen MR) is 77.4 cm³/mol. The molecular weight excluding hydrogens is 292 g/mol. The van der Waals surface area contributed by atoms with Crippen LogP contribution in [0.3, 0.4) is 0 Å². The fourth-order valence-corrected chi connectivity index (χ4v) is 4.28. The van der Waals surface area contributed by atoms with E-state index in [1.165, 1.54) is 4.90 Å². The van der Waals surface area contributed by atoms with Crippen LogP contribution < -0.4 is 5.73 Å². The van der Waals surface area contributed by atoms with Crippen LogP contribution in [0.4, 0.5) is 0 Å². The number of aryl methyl sites for hydroxylation is 1. The van der Waals surface area contributed by atoms with Crippen LogP contribution in [0.25, 0.3) is 0 Å². The molecule has 3 atom stereocenters. The maximum atomic E-state index is 12.7. The molecule has 1 aliphatic heterocycles. The van der Waals surface area contributed by atoms with E-state index in [1.807, 2.05) is 0 Å².